The third kappa shape index (κ3) is 1.26. The van der Waals surface area contributed by atoms with E-state index in [9.17, 15) is 9.18 Å². The Hall–Kier alpha value is -0.640. The molecule has 10 heavy (non-hydrogen) atoms. The second-order valence-corrected chi connectivity index (χ2v) is 2.26. The van der Waals surface area contributed by atoms with Crippen LogP contribution in [0.15, 0.2) is 0 Å². The van der Waals surface area contributed by atoms with Crippen molar-refractivity contribution in [3.63, 3.8) is 0 Å². The number of methoxy groups -OCH3 is 1. The van der Waals surface area contributed by atoms with Crippen LogP contribution < -0.4 is 5.32 Å². The molecular weight excluding hydrogens is 137 g/mol. The van der Waals surface area contributed by atoms with Crippen molar-refractivity contribution in [2.24, 2.45) is 0 Å². The molecule has 0 saturated carbocycles. The van der Waals surface area contributed by atoms with Gasteiger partial charge in [0.15, 0.2) is 0 Å². The largest absolute Gasteiger partial charge is 0.468 e. The summed E-state index contributed by atoms with van der Waals surface area (Å²) in [6.45, 7) is 0.556. The molecule has 0 aromatic rings. The van der Waals surface area contributed by atoms with E-state index >= 15 is 0 Å². The maximum atomic E-state index is 12.7. The molecule has 0 spiro atoms. The Bertz CT molecular complexity index is 140. The molecule has 0 aromatic heterocycles. The van der Waals surface area contributed by atoms with Gasteiger partial charge in [0.25, 0.3) is 0 Å². The minimum absolute atomic E-state index is 0.403. The Labute approximate surface area is 58.5 Å². The molecule has 0 radical (unpaired) electrons. The van der Waals surface area contributed by atoms with E-state index in [1.165, 1.54) is 7.11 Å². The minimum Gasteiger partial charge on any atom is -0.468 e. The lowest BCUT2D eigenvalue weighted by Gasteiger charge is -2.08. The number of hydrogen-bond donors (Lipinski definition) is 1. The monoisotopic (exact) mass is 147 g/mol. The first kappa shape index (κ1) is 7.47. The highest BCUT2D eigenvalue weighted by atomic mass is 19.1. The summed E-state index contributed by atoms with van der Waals surface area (Å²) in [5, 5.41) is 2.71. The molecular formula is C6H10FNO2. The molecule has 1 heterocycles. The van der Waals surface area contributed by atoms with Gasteiger partial charge in [-0.3, -0.25) is 4.79 Å². The first-order chi connectivity index (χ1) is 4.75. The van der Waals surface area contributed by atoms with E-state index in [1.54, 1.807) is 0 Å². The number of esters is 1. The molecule has 4 heteroatoms. The van der Waals surface area contributed by atoms with Crippen molar-refractivity contribution in [1.29, 1.82) is 0 Å². The van der Waals surface area contributed by atoms with Gasteiger partial charge in [0, 0.05) is 0 Å². The summed E-state index contributed by atoms with van der Waals surface area (Å²) < 4.78 is 17.0. The summed E-state index contributed by atoms with van der Waals surface area (Å²) in [6, 6.07) is -0.731. The molecule has 0 aromatic carbocycles. The number of carbonyl (C=O) groups is 1. The lowest BCUT2D eigenvalue weighted by atomic mass is 10.2. The van der Waals surface area contributed by atoms with Gasteiger partial charge < -0.3 is 10.1 Å². The zero-order valence-corrected chi connectivity index (χ0v) is 5.76. The third-order valence-corrected chi connectivity index (χ3v) is 1.60. The maximum Gasteiger partial charge on any atom is 0.325 e. The van der Waals surface area contributed by atoms with E-state index < -0.39 is 18.2 Å². The molecule has 0 aliphatic carbocycles. The molecule has 3 nitrogen and oxygen atoms in total. The van der Waals surface area contributed by atoms with Crippen molar-refractivity contribution in [3.8, 4) is 0 Å². The summed E-state index contributed by atoms with van der Waals surface area (Å²) in [5.41, 5.74) is 0. The summed E-state index contributed by atoms with van der Waals surface area (Å²) >= 11 is 0. The van der Waals surface area contributed by atoms with Crippen LogP contribution in [0.3, 0.4) is 0 Å². The topological polar surface area (TPSA) is 38.3 Å². The molecule has 1 rings (SSSR count). The summed E-state index contributed by atoms with van der Waals surface area (Å²) in [7, 11) is 1.26. The van der Waals surface area contributed by atoms with Gasteiger partial charge in [-0.05, 0) is 13.0 Å². The molecule has 1 unspecified atom stereocenters. The fourth-order valence-corrected chi connectivity index (χ4v) is 1.03. The highest BCUT2D eigenvalue weighted by Gasteiger charge is 2.33. The molecule has 1 saturated heterocycles. The van der Waals surface area contributed by atoms with E-state index in [1.807, 2.05) is 0 Å². The Balaban J connectivity index is 2.46. The van der Waals surface area contributed by atoms with E-state index in [0.717, 1.165) is 0 Å². The highest BCUT2D eigenvalue weighted by molar-refractivity contribution is 5.76. The molecule has 1 aliphatic heterocycles. The number of halogens is 1. The van der Waals surface area contributed by atoms with Crippen molar-refractivity contribution < 1.29 is 13.9 Å². The summed E-state index contributed by atoms with van der Waals surface area (Å²) in [5.74, 6) is -0.509. The fraction of sp³-hybridized carbons (Fsp3) is 0.833. The van der Waals surface area contributed by atoms with Crippen LogP contribution >= 0.6 is 0 Å². The average molecular weight is 147 g/mol. The standard InChI is InChI=1S/C6H10FNO2/c1-10-6(9)5-4(7)2-3-8-5/h4-5,8H,2-3H2,1H3/t4?,5-/m0/s1. The number of ether oxygens (including phenoxy) is 1. The van der Waals surface area contributed by atoms with Gasteiger partial charge in [-0.15, -0.1) is 0 Å². The number of nitrogens with one attached hydrogen (secondary N) is 1. The van der Waals surface area contributed by atoms with E-state index in [4.69, 9.17) is 0 Å². The first-order valence-electron chi connectivity index (χ1n) is 3.21. The molecule has 1 fully saturated rings. The van der Waals surface area contributed by atoms with Crippen LogP contribution in [-0.4, -0.2) is 31.8 Å². The number of hydrogen-bond acceptors (Lipinski definition) is 3. The molecule has 2 atom stereocenters. The van der Waals surface area contributed by atoms with Crippen LogP contribution in [0.4, 0.5) is 4.39 Å². The average Bonchev–Trinajstić information content (AvgIpc) is 2.34. The van der Waals surface area contributed by atoms with Crippen molar-refractivity contribution in [1.82, 2.24) is 5.32 Å². The van der Waals surface area contributed by atoms with Crippen LogP contribution in [0.25, 0.3) is 0 Å². The zero-order valence-electron chi connectivity index (χ0n) is 5.76. The van der Waals surface area contributed by atoms with Crippen LogP contribution in [-0.2, 0) is 9.53 Å². The molecule has 1 N–H and O–H groups in total. The fourth-order valence-electron chi connectivity index (χ4n) is 1.03. The smallest absolute Gasteiger partial charge is 0.325 e. The van der Waals surface area contributed by atoms with Gasteiger partial charge in [-0.25, -0.2) is 4.39 Å². The predicted octanol–water partition coefficient (Wildman–Crippen LogP) is -0.141. The Morgan fingerprint density at radius 3 is 2.90 bits per heavy atom. The van der Waals surface area contributed by atoms with Crippen LogP contribution in [0.5, 0.6) is 0 Å². The molecule has 0 bridgehead atoms. The van der Waals surface area contributed by atoms with Crippen molar-refractivity contribution in [2.45, 2.75) is 18.6 Å². The lowest BCUT2D eigenvalue weighted by molar-refractivity contribution is -0.143. The summed E-state index contributed by atoms with van der Waals surface area (Å²) in [6.07, 6.45) is -0.674. The zero-order chi connectivity index (χ0) is 7.56. The number of carbonyl (C=O) groups excluding carboxylic acids is 1. The number of rotatable bonds is 1. The van der Waals surface area contributed by atoms with Gasteiger partial charge in [-0.2, -0.15) is 0 Å². The highest BCUT2D eigenvalue weighted by Crippen LogP contribution is 2.11. The lowest BCUT2D eigenvalue weighted by Crippen LogP contribution is -2.37. The van der Waals surface area contributed by atoms with E-state index in [2.05, 4.69) is 10.1 Å². The second kappa shape index (κ2) is 2.96. The molecule has 58 valence electrons. The predicted molar refractivity (Wildman–Crippen MR) is 33.3 cm³/mol. The van der Waals surface area contributed by atoms with E-state index in [0.29, 0.717) is 13.0 Å². The van der Waals surface area contributed by atoms with Crippen molar-refractivity contribution in [2.75, 3.05) is 13.7 Å². The summed E-state index contributed by atoms with van der Waals surface area (Å²) in [4.78, 5) is 10.7. The van der Waals surface area contributed by atoms with Gasteiger partial charge in [0.05, 0.1) is 7.11 Å². The van der Waals surface area contributed by atoms with Crippen molar-refractivity contribution >= 4 is 5.97 Å². The molecule has 0 amide bonds. The van der Waals surface area contributed by atoms with Crippen molar-refractivity contribution in [3.05, 3.63) is 0 Å². The minimum atomic E-state index is -1.08. The quantitative estimate of drug-likeness (QED) is 0.524. The Kier molecular flexibility index (Phi) is 2.21. The van der Waals surface area contributed by atoms with Crippen LogP contribution in [0.1, 0.15) is 6.42 Å². The molecule has 1 aliphatic rings. The second-order valence-electron chi connectivity index (χ2n) is 2.26. The number of alkyl halides is 1. The first-order valence-corrected chi connectivity index (χ1v) is 3.21. The third-order valence-electron chi connectivity index (χ3n) is 1.60. The van der Waals surface area contributed by atoms with Gasteiger partial charge in [0.1, 0.15) is 12.2 Å². The van der Waals surface area contributed by atoms with Gasteiger partial charge in [-0.1, -0.05) is 0 Å². The van der Waals surface area contributed by atoms with Crippen LogP contribution in [0.2, 0.25) is 0 Å². The SMILES string of the molecule is COC(=O)[C@H]1NCCC1F. The van der Waals surface area contributed by atoms with Crippen LogP contribution in [0, 0.1) is 0 Å². The maximum absolute atomic E-state index is 12.7. The van der Waals surface area contributed by atoms with E-state index in [-0.39, 0.29) is 0 Å². The Morgan fingerprint density at radius 1 is 1.80 bits per heavy atom. The Morgan fingerprint density at radius 2 is 2.50 bits per heavy atom. The van der Waals surface area contributed by atoms with Gasteiger partial charge in [0.2, 0.25) is 0 Å². The normalized spacial score (nSPS) is 32.2. The van der Waals surface area contributed by atoms with Gasteiger partial charge >= 0.3 is 5.97 Å².